The smallest absolute Gasteiger partial charge is 0.393 e. The summed E-state index contributed by atoms with van der Waals surface area (Å²) in [6.07, 6.45) is -11.7. The summed E-state index contributed by atoms with van der Waals surface area (Å²) in [5, 5.41) is 24.6. The lowest BCUT2D eigenvalue weighted by Crippen LogP contribution is -2.54. The number of fused-ring (bicyclic) bond motifs is 1. The predicted octanol–water partition coefficient (Wildman–Crippen LogP) is 3.57. The van der Waals surface area contributed by atoms with Crippen molar-refractivity contribution in [2.75, 3.05) is 10.8 Å². The van der Waals surface area contributed by atoms with Gasteiger partial charge in [-0.05, 0) is 74.4 Å². The molecule has 248 valence electrons. The Morgan fingerprint density at radius 2 is 1.49 bits per heavy atom. The van der Waals surface area contributed by atoms with Gasteiger partial charge in [-0.25, -0.2) is 12.8 Å². The number of aryl methyl sites for hydroxylation is 1. The standard InChI is InChI=1S/C28H30F7N3O6S/c29-18-3-10-22(11-4-18)45(43,44)38-20(14-24(40)36-15-25(41)37-19-5-8-21(39)9-6-19)7-1-16-13-17(2-12-23(16)38)26(42,27(30,31)32)28(33,34)35/h2-4,10-13,19-21,39,42H,1,5-9,14-15H2,(H,36,40)(H,37,41)/t19-,20-,21-/m0/s1. The Morgan fingerprint density at radius 3 is 2.07 bits per heavy atom. The van der Waals surface area contributed by atoms with E-state index in [9.17, 15) is 59.0 Å². The molecule has 2 aromatic carbocycles. The van der Waals surface area contributed by atoms with E-state index in [1.165, 1.54) is 0 Å². The molecule has 4 rings (SSSR count). The third-order valence-corrected chi connectivity index (χ3v) is 9.81. The first-order valence-corrected chi connectivity index (χ1v) is 15.3. The van der Waals surface area contributed by atoms with Crippen LogP contribution in [-0.2, 0) is 31.6 Å². The molecule has 2 amide bonds. The van der Waals surface area contributed by atoms with E-state index in [1.807, 2.05) is 0 Å². The topological polar surface area (TPSA) is 136 Å². The molecule has 4 N–H and O–H groups in total. The van der Waals surface area contributed by atoms with Crippen molar-refractivity contribution in [3.8, 4) is 0 Å². The number of carbonyl (C=O) groups excluding carboxylic acids is 2. The van der Waals surface area contributed by atoms with Crippen LogP contribution in [0.3, 0.4) is 0 Å². The predicted molar refractivity (Wildman–Crippen MR) is 145 cm³/mol. The molecule has 45 heavy (non-hydrogen) atoms. The second-order valence-corrected chi connectivity index (χ2v) is 12.9. The van der Waals surface area contributed by atoms with Crippen LogP contribution in [0.15, 0.2) is 47.4 Å². The first-order valence-electron chi connectivity index (χ1n) is 13.9. The van der Waals surface area contributed by atoms with Gasteiger partial charge >= 0.3 is 12.4 Å². The molecule has 1 aliphatic carbocycles. The lowest BCUT2D eigenvalue weighted by Gasteiger charge is -2.39. The molecule has 1 aliphatic heterocycles. The number of aliphatic hydroxyl groups excluding tert-OH is 1. The maximum Gasteiger partial charge on any atom is 0.430 e. The van der Waals surface area contributed by atoms with Gasteiger partial charge in [0.2, 0.25) is 11.8 Å². The number of alkyl halides is 6. The summed E-state index contributed by atoms with van der Waals surface area (Å²) in [4.78, 5) is 24.7. The zero-order chi connectivity index (χ0) is 33.4. The summed E-state index contributed by atoms with van der Waals surface area (Å²) in [5.74, 6) is -2.07. The van der Waals surface area contributed by atoms with Gasteiger partial charge in [-0.3, -0.25) is 13.9 Å². The van der Waals surface area contributed by atoms with Crippen LogP contribution >= 0.6 is 0 Å². The van der Waals surface area contributed by atoms with Gasteiger partial charge in [0, 0.05) is 18.0 Å². The Morgan fingerprint density at radius 1 is 0.889 bits per heavy atom. The molecule has 0 aromatic heterocycles. The highest BCUT2D eigenvalue weighted by molar-refractivity contribution is 7.92. The molecule has 9 nitrogen and oxygen atoms in total. The van der Waals surface area contributed by atoms with Gasteiger partial charge in [0.05, 0.1) is 29.3 Å². The maximum absolute atomic E-state index is 13.7. The van der Waals surface area contributed by atoms with Crippen molar-refractivity contribution < 1.29 is 59.0 Å². The summed E-state index contributed by atoms with van der Waals surface area (Å²) in [5.41, 5.74) is -7.44. The molecule has 0 radical (unpaired) electrons. The van der Waals surface area contributed by atoms with Gasteiger partial charge in [-0.2, -0.15) is 26.3 Å². The van der Waals surface area contributed by atoms with E-state index in [2.05, 4.69) is 10.6 Å². The summed E-state index contributed by atoms with van der Waals surface area (Å²) in [6.45, 7) is -0.456. The molecule has 0 saturated heterocycles. The first kappa shape index (κ1) is 34.4. The minimum absolute atomic E-state index is 0.193. The minimum atomic E-state index is -6.17. The number of benzene rings is 2. The lowest BCUT2D eigenvalue weighted by atomic mass is 9.87. The van der Waals surface area contributed by atoms with Crippen molar-refractivity contribution in [2.45, 2.75) is 86.0 Å². The zero-order valence-electron chi connectivity index (χ0n) is 23.5. The highest BCUT2D eigenvalue weighted by Crippen LogP contribution is 2.51. The molecule has 2 aliphatic rings. The fourth-order valence-electron chi connectivity index (χ4n) is 5.54. The van der Waals surface area contributed by atoms with Gasteiger partial charge in [-0.1, -0.05) is 12.1 Å². The normalized spacial score (nSPS) is 21.2. The van der Waals surface area contributed by atoms with E-state index in [0.29, 0.717) is 48.2 Å². The summed E-state index contributed by atoms with van der Waals surface area (Å²) in [7, 11) is -4.67. The molecule has 17 heteroatoms. The van der Waals surface area contributed by atoms with E-state index >= 15 is 0 Å². The molecule has 2 aromatic rings. The van der Waals surface area contributed by atoms with E-state index in [0.717, 1.165) is 24.3 Å². The Hall–Kier alpha value is -3.44. The number of hydrogen-bond acceptors (Lipinski definition) is 6. The number of nitrogens with one attached hydrogen (secondary N) is 2. The number of aliphatic hydroxyl groups is 2. The monoisotopic (exact) mass is 669 g/mol. The van der Waals surface area contributed by atoms with Gasteiger partial charge in [0.25, 0.3) is 15.6 Å². The van der Waals surface area contributed by atoms with Crippen molar-refractivity contribution in [1.29, 1.82) is 0 Å². The average Bonchev–Trinajstić information content (AvgIpc) is 2.95. The van der Waals surface area contributed by atoms with Crippen LogP contribution in [0.5, 0.6) is 0 Å². The van der Waals surface area contributed by atoms with Crippen molar-refractivity contribution in [1.82, 2.24) is 10.6 Å². The molecular formula is C28H30F7N3O6S. The number of nitrogens with zero attached hydrogens (tertiary/aromatic N) is 1. The summed E-state index contributed by atoms with van der Waals surface area (Å²) in [6, 6.07) is 3.51. The minimum Gasteiger partial charge on any atom is -0.393 e. The summed E-state index contributed by atoms with van der Waals surface area (Å²) >= 11 is 0. The van der Waals surface area contributed by atoms with Crippen LogP contribution in [0.25, 0.3) is 0 Å². The quantitative estimate of drug-likeness (QED) is 0.318. The van der Waals surface area contributed by atoms with Crippen LogP contribution in [0.4, 0.5) is 36.4 Å². The highest BCUT2D eigenvalue weighted by Gasteiger charge is 2.71. The summed E-state index contributed by atoms with van der Waals surface area (Å²) < 4.78 is 123. The molecule has 0 unspecified atom stereocenters. The van der Waals surface area contributed by atoms with E-state index in [-0.39, 0.29) is 30.1 Å². The maximum atomic E-state index is 13.7. The van der Waals surface area contributed by atoms with E-state index in [4.69, 9.17) is 0 Å². The van der Waals surface area contributed by atoms with Crippen LogP contribution in [-0.4, -0.2) is 67.5 Å². The Kier molecular flexibility index (Phi) is 9.76. The van der Waals surface area contributed by atoms with Crippen LogP contribution in [0, 0.1) is 5.82 Å². The van der Waals surface area contributed by atoms with Crippen molar-refractivity contribution >= 4 is 27.5 Å². The second kappa shape index (κ2) is 12.7. The number of rotatable bonds is 8. The Bertz CT molecular complexity index is 1490. The van der Waals surface area contributed by atoms with E-state index < -0.39 is 81.2 Å². The number of amides is 2. The van der Waals surface area contributed by atoms with Crippen molar-refractivity contribution in [3.05, 3.63) is 59.4 Å². The van der Waals surface area contributed by atoms with E-state index in [1.54, 1.807) is 0 Å². The van der Waals surface area contributed by atoms with Crippen LogP contribution < -0.4 is 14.9 Å². The molecular weight excluding hydrogens is 639 g/mol. The first-order chi connectivity index (χ1) is 20.8. The Balaban J connectivity index is 1.61. The Labute approximate surface area is 253 Å². The van der Waals surface area contributed by atoms with Gasteiger partial charge < -0.3 is 20.8 Å². The molecule has 0 spiro atoms. The number of hydrogen-bond donors (Lipinski definition) is 4. The highest BCUT2D eigenvalue weighted by atomic mass is 32.2. The zero-order valence-corrected chi connectivity index (χ0v) is 24.3. The second-order valence-electron chi connectivity index (χ2n) is 11.1. The van der Waals surface area contributed by atoms with Gasteiger partial charge in [0.1, 0.15) is 5.82 Å². The van der Waals surface area contributed by atoms with Crippen molar-refractivity contribution in [2.24, 2.45) is 0 Å². The fraction of sp³-hybridized carbons (Fsp3) is 0.500. The van der Waals surface area contributed by atoms with Crippen molar-refractivity contribution in [3.63, 3.8) is 0 Å². The molecule has 1 atom stereocenters. The molecule has 1 fully saturated rings. The molecule has 1 saturated carbocycles. The van der Waals surface area contributed by atoms with Crippen LogP contribution in [0.1, 0.15) is 49.7 Å². The molecule has 1 heterocycles. The fourth-order valence-corrected chi connectivity index (χ4v) is 7.26. The lowest BCUT2D eigenvalue weighted by molar-refractivity contribution is -0.376. The van der Waals surface area contributed by atoms with Gasteiger partial charge in [-0.15, -0.1) is 0 Å². The SMILES string of the molecule is O=C(C[C@@H]1CCc2cc(C(O)(C(F)(F)F)C(F)(F)F)ccc2N1S(=O)(=O)c1ccc(F)cc1)NCC(=O)N[C@H]1CC[C@H](O)CC1. The largest absolute Gasteiger partial charge is 0.430 e. The number of anilines is 1. The number of sulfonamides is 1. The third kappa shape index (κ3) is 7.19. The third-order valence-electron chi connectivity index (χ3n) is 7.93. The average molecular weight is 670 g/mol. The number of halogens is 7. The number of carbonyl (C=O) groups is 2. The van der Waals surface area contributed by atoms with Gasteiger partial charge in [0.15, 0.2) is 0 Å². The molecule has 0 bridgehead atoms. The van der Waals surface area contributed by atoms with Crippen LogP contribution in [0.2, 0.25) is 0 Å².